The van der Waals surface area contributed by atoms with E-state index < -0.39 is 0 Å². The molecule has 0 N–H and O–H groups in total. The number of aryl methyl sites for hydroxylation is 1. The molecule has 136 valence electrons. The van der Waals surface area contributed by atoms with Crippen LogP contribution >= 0.6 is 34.3 Å². The van der Waals surface area contributed by atoms with Crippen LogP contribution in [0.1, 0.15) is 16.2 Å². The van der Waals surface area contributed by atoms with E-state index >= 15 is 0 Å². The number of halogens is 1. The van der Waals surface area contributed by atoms with Crippen LogP contribution in [-0.2, 0) is 11.3 Å². The average molecular weight is 415 g/mol. The highest BCUT2D eigenvalue weighted by Gasteiger charge is 2.21. The van der Waals surface area contributed by atoms with Crippen LogP contribution in [0.3, 0.4) is 0 Å². The van der Waals surface area contributed by atoms with Crippen molar-refractivity contribution < 1.29 is 9.21 Å². The fourth-order valence-corrected chi connectivity index (χ4v) is 4.57. The van der Waals surface area contributed by atoms with Crippen molar-refractivity contribution in [3.05, 3.63) is 75.3 Å². The van der Waals surface area contributed by atoms with E-state index in [2.05, 4.69) is 4.98 Å². The SMILES string of the molecule is Cc1ccc(Cl)c2sc(N(Cc3ccco3)C(=O)/C=C/c3cccs3)nc12. The molecule has 3 aromatic heterocycles. The van der Waals surface area contributed by atoms with Gasteiger partial charge in [0, 0.05) is 11.0 Å². The Hall–Kier alpha value is -2.41. The van der Waals surface area contributed by atoms with Gasteiger partial charge in [0.25, 0.3) is 5.91 Å². The molecule has 0 radical (unpaired) electrons. The molecule has 0 aliphatic rings. The molecular weight excluding hydrogens is 400 g/mol. The van der Waals surface area contributed by atoms with Gasteiger partial charge in [0.15, 0.2) is 5.13 Å². The van der Waals surface area contributed by atoms with Gasteiger partial charge in [-0.25, -0.2) is 4.98 Å². The van der Waals surface area contributed by atoms with Crippen LogP contribution in [0.15, 0.2) is 58.5 Å². The number of anilines is 1. The number of rotatable bonds is 5. The van der Waals surface area contributed by atoms with Crippen LogP contribution in [0.2, 0.25) is 5.02 Å². The molecule has 0 aliphatic heterocycles. The summed E-state index contributed by atoms with van der Waals surface area (Å²) in [6.45, 7) is 2.29. The number of furan rings is 1. The van der Waals surface area contributed by atoms with Gasteiger partial charge in [0.2, 0.25) is 0 Å². The lowest BCUT2D eigenvalue weighted by Crippen LogP contribution is -2.28. The Morgan fingerprint density at radius 2 is 2.19 bits per heavy atom. The second kappa shape index (κ2) is 7.68. The minimum absolute atomic E-state index is 0.160. The number of aromatic nitrogens is 1. The van der Waals surface area contributed by atoms with Crippen molar-refractivity contribution in [2.45, 2.75) is 13.5 Å². The lowest BCUT2D eigenvalue weighted by atomic mass is 10.2. The predicted octanol–water partition coefficient (Wildman–Crippen LogP) is 6.16. The number of hydrogen-bond acceptors (Lipinski definition) is 5. The van der Waals surface area contributed by atoms with Crippen molar-refractivity contribution in [3.63, 3.8) is 0 Å². The molecule has 1 amide bonds. The molecule has 0 saturated carbocycles. The van der Waals surface area contributed by atoms with Crippen LogP contribution in [-0.4, -0.2) is 10.9 Å². The Kier molecular flexibility index (Phi) is 5.11. The van der Waals surface area contributed by atoms with Gasteiger partial charge >= 0.3 is 0 Å². The maximum atomic E-state index is 12.9. The largest absolute Gasteiger partial charge is 0.467 e. The summed E-state index contributed by atoms with van der Waals surface area (Å²) in [5.74, 6) is 0.530. The quantitative estimate of drug-likeness (QED) is 0.367. The number of carbonyl (C=O) groups is 1. The van der Waals surface area contributed by atoms with Crippen LogP contribution in [0.5, 0.6) is 0 Å². The molecule has 3 heterocycles. The van der Waals surface area contributed by atoms with Gasteiger partial charge in [-0.15, -0.1) is 11.3 Å². The van der Waals surface area contributed by atoms with Gasteiger partial charge in [-0.1, -0.05) is 35.1 Å². The second-order valence-corrected chi connectivity index (χ2v) is 8.25. The van der Waals surface area contributed by atoms with Gasteiger partial charge < -0.3 is 4.42 Å². The van der Waals surface area contributed by atoms with Gasteiger partial charge in [-0.3, -0.25) is 9.69 Å². The van der Waals surface area contributed by atoms with Crippen molar-refractivity contribution in [1.29, 1.82) is 0 Å². The first-order chi connectivity index (χ1) is 13.1. The van der Waals surface area contributed by atoms with Crippen LogP contribution in [0.4, 0.5) is 5.13 Å². The first-order valence-electron chi connectivity index (χ1n) is 8.23. The number of nitrogens with zero attached hydrogens (tertiary/aromatic N) is 2. The molecule has 0 atom stereocenters. The standard InChI is InChI=1S/C20H15ClN2O2S2/c1-13-6-8-16(21)19-18(13)22-20(27-19)23(12-14-4-2-10-25-14)17(24)9-7-15-5-3-11-26-15/h2-11H,12H2,1H3/b9-7+. The molecule has 4 aromatic rings. The lowest BCUT2D eigenvalue weighted by molar-refractivity contribution is -0.114. The van der Waals surface area contributed by atoms with Crippen molar-refractivity contribution >= 4 is 61.6 Å². The van der Waals surface area contributed by atoms with Gasteiger partial charge in [-0.05, 0) is 48.2 Å². The molecule has 27 heavy (non-hydrogen) atoms. The third-order valence-corrected chi connectivity index (χ3v) is 6.39. The summed E-state index contributed by atoms with van der Waals surface area (Å²) in [5.41, 5.74) is 1.85. The number of carbonyl (C=O) groups excluding carboxylic acids is 1. The Labute approximate surface area is 169 Å². The summed E-state index contributed by atoms with van der Waals surface area (Å²) < 4.78 is 6.32. The highest BCUT2D eigenvalue weighted by Crippen LogP contribution is 2.36. The zero-order valence-corrected chi connectivity index (χ0v) is 16.8. The van der Waals surface area contributed by atoms with E-state index in [4.69, 9.17) is 16.0 Å². The molecule has 4 rings (SSSR count). The highest BCUT2D eigenvalue weighted by atomic mass is 35.5. The lowest BCUT2D eigenvalue weighted by Gasteiger charge is -2.16. The van der Waals surface area contributed by atoms with Crippen LogP contribution in [0, 0.1) is 6.92 Å². The van der Waals surface area contributed by atoms with E-state index in [1.54, 1.807) is 34.6 Å². The van der Waals surface area contributed by atoms with E-state index in [0.717, 1.165) is 20.7 Å². The van der Waals surface area contributed by atoms with Crippen LogP contribution < -0.4 is 4.90 Å². The molecule has 0 unspecified atom stereocenters. The second-order valence-electron chi connectivity index (χ2n) is 5.89. The summed E-state index contributed by atoms with van der Waals surface area (Å²) in [6.07, 6.45) is 4.97. The summed E-state index contributed by atoms with van der Waals surface area (Å²) in [7, 11) is 0. The van der Waals surface area contributed by atoms with E-state index in [1.807, 2.05) is 48.7 Å². The number of amides is 1. The summed E-state index contributed by atoms with van der Waals surface area (Å²) in [5, 5.41) is 3.21. The highest BCUT2D eigenvalue weighted by molar-refractivity contribution is 7.23. The first kappa shape index (κ1) is 18.0. The van der Waals surface area contributed by atoms with Crippen molar-refractivity contribution in [2.75, 3.05) is 4.90 Å². The smallest absolute Gasteiger partial charge is 0.253 e. The Morgan fingerprint density at radius 1 is 1.30 bits per heavy atom. The van der Waals surface area contributed by atoms with Gasteiger partial charge in [0.1, 0.15) is 5.76 Å². The molecule has 4 nitrogen and oxygen atoms in total. The Balaban J connectivity index is 1.72. The molecule has 0 saturated heterocycles. The molecule has 0 aliphatic carbocycles. The summed E-state index contributed by atoms with van der Waals surface area (Å²) in [4.78, 5) is 20.3. The molecule has 0 spiro atoms. The molecule has 1 aromatic carbocycles. The minimum atomic E-state index is -0.160. The minimum Gasteiger partial charge on any atom is -0.467 e. The average Bonchev–Trinajstić information content (AvgIpc) is 3.42. The van der Waals surface area contributed by atoms with E-state index in [0.29, 0.717) is 22.5 Å². The maximum absolute atomic E-state index is 12.9. The van der Waals surface area contributed by atoms with Crippen molar-refractivity contribution in [2.24, 2.45) is 0 Å². The number of thiophene rings is 1. The fourth-order valence-electron chi connectivity index (χ4n) is 2.63. The predicted molar refractivity (Wildman–Crippen MR) is 113 cm³/mol. The van der Waals surface area contributed by atoms with Crippen molar-refractivity contribution in [1.82, 2.24) is 4.98 Å². The molecule has 0 fully saturated rings. The van der Waals surface area contributed by atoms with Gasteiger partial charge in [-0.2, -0.15) is 0 Å². The van der Waals surface area contributed by atoms with E-state index in [1.165, 1.54) is 11.3 Å². The maximum Gasteiger partial charge on any atom is 0.253 e. The molecule has 7 heteroatoms. The number of hydrogen-bond donors (Lipinski definition) is 0. The van der Waals surface area contributed by atoms with E-state index in [-0.39, 0.29) is 5.91 Å². The molecular formula is C20H15ClN2O2S2. The fraction of sp³-hybridized carbons (Fsp3) is 0.100. The zero-order valence-electron chi connectivity index (χ0n) is 14.4. The number of benzene rings is 1. The van der Waals surface area contributed by atoms with Crippen LogP contribution in [0.25, 0.3) is 16.3 Å². The molecule has 0 bridgehead atoms. The third-order valence-electron chi connectivity index (χ3n) is 4.01. The number of thiazole rings is 1. The summed E-state index contributed by atoms with van der Waals surface area (Å²) in [6, 6.07) is 11.4. The topological polar surface area (TPSA) is 46.3 Å². The van der Waals surface area contributed by atoms with Gasteiger partial charge in [0.05, 0.1) is 28.0 Å². The van der Waals surface area contributed by atoms with E-state index in [9.17, 15) is 4.79 Å². The van der Waals surface area contributed by atoms with Crippen molar-refractivity contribution in [3.8, 4) is 0 Å². The monoisotopic (exact) mass is 414 g/mol. The Morgan fingerprint density at radius 3 is 2.89 bits per heavy atom. The first-order valence-corrected chi connectivity index (χ1v) is 10.3. The number of fused-ring (bicyclic) bond motifs is 1. The normalized spacial score (nSPS) is 11.5. The zero-order chi connectivity index (χ0) is 18.8. The Bertz CT molecular complexity index is 1060. The summed E-state index contributed by atoms with van der Waals surface area (Å²) >= 11 is 9.32. The third kappa shape index (κ3) is 3.83.